The van der Waals surface area contributed by atoms with Crippen molar-refractivity contribution in [3.05, 3.63) is 47.8 Å². The molecule has 118 valence electrons. The Morgan fingerprint density at radius 2 is 1.91 bits per heavy atom. The molecule has 0 aromatic heterocycles. The lowest BCUT2D eigenvalue weighted by Crippen LogP contribution is -2.18. The van der Waals surface area contributed by atoms with Gasteiger partial charge in [0.05, 0.1) is 16.5 Å². The molecule has 2 aromatic carbocycles. The summed E-state index contributed by atoms with van der Waals surface area (Å²) in [5.41, 5.74) is 6.53. The second-order valence-electron chi connectivity index (χ2n) is 5.39. The maximum absolute atomic E-state index is 14.3. The molecule has 0 radical (unpaired) electrons. The lowest BCUT2D eigenvalue weighted by molar-refractivity contribution is 0.599. The predicted octanol–water partition coefficient (Wildman–Crippen LogP) is 2.85. The first-order chi connectivity index (χ1) is 10.9. The zero-order valence-corrected chi connectivity index (χ0v) is 12.9. The Hall–Kier alpha value is -2.59. The molecule has 0 spiro atoms. The lowest BCUT2D eigenvalue weighted by Gasteiger charge is -2.14. The molecule has 0 heterocycles. The van der Waals surface area contributed by atoms with Gasteiger partial charge < -0.3 is 5.73 Å². The molecule has 2 aromatic rings. The highest BCUT2D eigenvalue weighted by molar-refractivity contribution is 7.93. The largest absolute Gasteiger partial charge is 0.398 e. The van der Waals surface area contributed by atoms with Gasteiger partial charge in [-0.15, -0.1) is 0 Å². The van der Waals surface area contributed by atoms with E-state index in [1.165, 1.54) is 6.07 Å². The number of rotatable bonds is 4. The van der Waals surface area contributed by atoms with E-state index in [9.17, 15) is 18.1 Å². The third kappa shape index (κ3) is 2.85. The topological polar surface area (TPSA) is 96.0 Å². The number of hydrogen-bond donors (Lipinski definition) is 2. The van der Waals surface area contributed by atoms with E-state index in [0.29, 0.717) is 24.1 Å². The average molecular weight is 331 g/mol. The minimum absolute atomic E-state index is 0.00148. The molecule has 7 heteroatoms. The molecular formula is C16H14FN3O2S. The van der Waals surface area contributed by atoms with Crippen molar-refractivity contribution >= 4 is 21.4 Å². The number of nitrogens with one attached hydrogen (secondary N) is 1. The van der Waals surface area contributed by atoms with E-state index in [1.807, 2.05) is 6.07 Å². The maximum Gasteiger partial charge on any atom is 0.235 e. The van der Waals surface area contributed by atoms with Gasteiger partial charge >= 0.3 is 0 Å². The zero-order valence-electron chi connectivity index (χ0n) is 12.1. The molecule has 0 unspecified atom stereocenters. The van der Waals surface area contributed by atoms with Crippen molar-refractivity contribution in [3.63, 3.8) is 0 Å². The standard InChI is InChI=1S/C16H14FN3O2S/c17-13-7-8-15(20-23(21,22)10-5-6-10)12(9-18)16(13)11-3-1-2-4-14(11)19/h1-4,7-8,10,20H,5-6,19H2. The molecule has 5 nitrogen and oxygen atoms in total. The molecule has 1 fully saturated rings. The molecule has 0 bridgehead atoms. The summed E-state index contributed by atoms with van der Waals surface area (Å²) >= 11 is 0. The first-order valence-corrected chi connectivity index (χ1v) is 8.58. The summed E-state index contributed by atoms with van der Waals surface area (Å²) in [6.07, 6.45) is 1.19. The van der Waals surface area contributed by atoms with Crippen molar-refractivity contribution in [2.45, 2.75) is 18.1 Å². The quantitative estimate of drug-likeness (QED) is 0.842. The molecule has 23 heavy (non-hydrogen) atoms. The number of sulfonamides is 1. The lowest BCUT2D eigenvalue weighted by atomic mass is 9.97. The van der Waals surface area contributed by atoms with Crippen LogP contribution in [0.2, 0.25) is 0 Å². The first kappa shape index (κ1) is 15.3. The molecule has 3 N–H and O–H groups in total. The molecule has 1 saturated carbocycles. The molecule has 0 atom stereocenters. The number of nitrogens with two attached hydrogens (primary N) is 1. The van der Waals surface area contributed by atoms with Gasteiger partial charge in [-0.3, -0.25) is 4.72 Å². The monoisotopic (exact) mass is 331 g/mol. The van der Waals surface area contributed by atoms with Gasteiger partial charge in [-0.05, 0) is 31.0 Å². The van der Waals surface area contributed by atoms with E-state index in [-0.39, 0.29) is 16.8 Å². The molecule has 0 saturated heterocycles. The molecule has 3 rings (SSSR count). The van der Waals surface area contributed by atoms with Gasteiger partial charge in [-0.25, -0.2) is 12.8 Å². The van der Waals surface area contributed by atoms with E-state index in [1.54, 1.807) is 24.3 Å². The number of anilines is 2. The Morgan fingerprint density at radius 1 is 1.22 bits per heavy atom. The highest BCUT2D eigenvalue weighted by Gasteiger charge is 2.36. The van der Waals surface area contributed by atoms with Crippen LogP contribution in [0.25, 0.3) is 11.1 Å². The molecule has 0 amide bonds. The minimum Gasteiger partial charge on any atom is -0.398 e. The van der Waals surface area contributed by atoms with Gasteiger partial charge in [-0.2, -0.15) is 5.26 Å². The van der Waals surface area contributed by atoms with Crippen molar-refractivity contribution in [1.82, 2.24) is 0 Å². The van der Waals surface area contributed by atoms with E-state index in [0.717, 1.165) is 6.07 Å². The minimum atomic E-state index is -3.55. The van der Waals surface area contributed by atoms with Crippen molar-refractivity contribution in [3.8, 4) is 17.2 Å². The van der Waals surface area contributed by atoms with Crippen LogP contribution in [-0.4, -0.2) is 13.7 Å². The predicted molar refractivity (Wildman–Crippen MR) is 86.5 cm³/mol. The number of nitrogens with zero attached hydrogens (tertiary/aromatic N) is 1. The zero-order chi connectivity index (χ0) is 16.6. The van der Waals surface area contributed by atoms with Gasteiger partial charge in [0.15, 0.2) is 0 Å². The molecule has 1 aliphatic rings. The normalized spacial score (nSPS) is 14.3. The van der Waals surface area contributed by atoms with Crippen LogP contribution in [0.1, 0.15) is 18.4 Å². The van der Waals surface area contributed by atoms with Crippen LogP contribution in [0.4, 0.5) is 15.8 Å². The van der Waals surface area contributed by atoms with Gasteiger partial charge in [0.2, 0.25) is 10.0 Å². The van der Waals surface area contributed by atoms with Crippen LogP contribution >= 0.6 is 0 Å². The summed E-state index contributed by atoms with van der Waals surface area (Å²) in [7, 11) is -3.55. The number of para-hydroxylation sites is 1. The van der Waals surface area contributed by atoms with Crippen molar-refractivity contribution in [2.75, 3.05) is 10.5 Å². The van der Waals surface area contributed by atoms with Crippen molar-refractivity contribution in [1.29, 1.82) is 5.26 Å². The van der Waals surface area contributed by atoms with Crippen molar-refractivity contribution < 1.29 is 12.8 Å². The van der Waals surface area contributed by atoms with Gasteiger partial charge in [0, 0.05) is 16.8 Å². The Morgan fingerprint density at radius 3 is 2.52 bits per heavy atom. The summed E-state index contributed by atoms with van der Waals surface area (Å²) < 4.78 is 40.9. The first-order valence-electron chi connectivity index (χ1n) is 7.03. The fourth-order valence-corrected chi connectivity index (χ4v) is 3.78. The summed E-state index contributed by atoms with van der Waals surface area (Å²) in [5, 5.41) is 8.99. The van der Waals surface area contributed by atoms with Crippen LogP contribution in [0.5, 0.6) is 0 Å². The van der Waals surface area contributed by atoms with E-state index >= 15 is 0 Å². The van der Waals surface area contributed by atoms with Crippen molar-refractivity contribution in [2.24, 2.45) is 0 Å². The molecular weight excluding hydrogens is 317 g/mol. The number of halogens is 1. The third-order valence-corrected chi connectivity index (χ3v) is 5.57. The smallest absolute Gasteiger partial charge is 0.235 e. The van der Waals surface area contributed by atoms with E-state index < -0.39 is 21.1 Å². The SMILES string of the molecule is N#Cc1c(NS(=O)(=O)C2CC2)ccc(F)c1-c1ccccc1N. The van der Waals surface area contributed by atoms with Crippen LogP contribution in [0.3, 0.4) is 0 Å². The van der Waals surface area contributed by atoms with Gasteiger partial charge in [0.1, 0.15) is 11.9 Å². The number of nitrogen functional groups attached to an aromatic ring is 1. The fourth-order valence-electron chi connectivity index (χ4n) is 2.38. The third-order valence-electron chi connectivity index (χ3n) is 3.71. The van der Waals surface area contributed by atoms with Crippen LogP contribution in [0.15, 0.2) is 36.4 Å². The van der Waals surface area contributed by atoms with E-state index in [4.69, 9.17) is 5.73 Å². The maximum atomic E-state index is 14.3. The summed E-state index contributed by atoms with van der Waals surface area (Å²) in [6, 6.07) is 10.8. The van der Waals surface area contributed by atoms with Crippen LogP contribution < -0.4 is 10.5 Å². The summed E-state index contributed by atoms with van der Waals surface area (Å²) in [6.45, 7) is 0. The fraction of sp³-hybridized carbons (Fsp3) is 0.188. The van der Waals surface area contributed by atoms with Gasteiger partial charge in [-0.1, -0.05) is 18.2 Å². The average Bonchev–Trinajstić information content (AvgIpc) is 3.35. The molecule has 1 aliphatic carbocycles. The second kappa shape index (κ2) is 5.56. The number of hydrogen-bond acceptors (Lipinski definition) is 4. The van der Waals surface area contributed by atoms with Crippen LogP contribution in [-0.2, 0) is 10.0 Å². The Balaban J connectivity index is 2.16. The summed E-state index contributed by atoms with van der Waals surface area (Å²) in [4.78, 5) is 0. The second-order valence-corrected chi connectivity index (χ2v) is 7.35. The number of nitriles is 1. The molecule has 0 aliphatic heterocycles. The van der Waals surface area contributed by atoms with Crippen LogP contribution in [0, 0.1) is 17.1 Å². The van der Waals surface area contributed by atoms with E-state index in [2.05, 4.69) is 4.72 Å². The Labute approximate surface area is 133 Å². The summed E-state index contributed by atoms with van der Waals surface area (Å²) in [5.74, 6) is -0.631. The Bertz CT molecular complexity index is 915. The van der Waals surface area contributed by atoms with Gasteiger partial charge in [0.25, 0.3) is 0 Å². The highest BCUT2D eigenvalue weighted by Crippen LogP contribution is 2.36. The highest BCUT2D eigenvalue weighted by atomic mass is 32.2. The Kier molecular flexibility index (Phi) is 3.70. The number of benzene rings is 2.